The second-order valence-electron chi connectivity index (χ2n) is 4.60. The van der Waals surface area contributed by atoms with Crippen molar-refractivity contribution in [2.24, 2.45) is 5.73 Å². The summed E-state index contributed by atoms with van der Waals surface area (Å²) < 4.78 is 5.33. The fourth-order valence-corrected chi connectivity index (χ4v) is 1.86. The number of amides is 1. The summed E-state index contributed by atoms with van der Waals surface area (Å²) in [5, 5.41) is 0. The van der Waals surface area contributed by atoms with E-state index in [2.05, 4.69) is 11.9 Å². The highest BCUT2D eigenvalue weighted by Gasteiger charge is 2.27. The number of likely N-dealkylation sites (N-methyl/N-ethyl adjacent to an activating group) is 1. The van der Waals surface area contributed by atoms with Gasteiger partial charge in [0.25, 0.3) is 0 Å². The molecule has 16 heavy (non-hydrogen) atoms. The SMILES string of the molecule is CC(C)OCC(=O)N1CCN(C)CC1CN. The lowest BCUT2D eigenvalue weighted by Crippen LogP contribution is -2.57. The van der Waals surface area contributed by atoms with Crippen LogP contribution in [-0.2, 0) is 9.53 Å². The van der Waals surface area contributed by atoms with Gasteiger partial charge < -0.3 is 20.3 Å². The molecule has 1 atom stereocenters. The number of carbonyl (C=O) groups excluding carboxylic acids is 1. The molecule has 1 heterocycles. The van der Waals surface area contributed by atoms with E-state index in [-0.39, 0.29) is 24.7 Å². The number of nitrogens with two attached hydrogens (primary N) is 1. The van der Waals surface area contributed by atoms with Gasteiger partial charge in [-0.3, -0.25) is 4.79 Å². The molecule has 1 saturated heterocycles. The monoisotopic (exact) mass is 229 g/mol. The molecule has 94 valence electrons. The number of piperazine rings is 1. The molecule has 0 saturated carbocycles. The summed E-state index contributed by atoms with van der Waals surface area (Å²) in [5.41, 5.74) is 5.69. The molecule has 1 amide bonds. The van der Waals surface area contributed by atoms with Crippen LogP contribution in [0, 0.1) is 0 Å². The fraction of sp³-hybridized carbons (Fsp3) is 0.909. The predicted octanol–water partition coefficient (Wildman–Crippen LogP) is -0.487. The average Bonchev–Trinajstić information content (AvgIpc) is 2.25. The molecule has 1 unspecified atom stereocenters. The molecule has 0 radical (unpaired) electrons. The maximum Gasteiger partial charge on any atom is 0.248 e. The van der Waals surface area contributed by atoms with E-state index in [0.717, 1.165) is 19.6 Å². The predicted molar refractivity (Wildman–Crippen MR) is 63.1 cm³/mol. The third-order valence-electron chi connectivity index (χ3n) is 2.82. The van der Waals surface area contributed by atoms with E-state index in [4.69, 9.17) is 10.5 Å². The summed E-state index contributed by atoms with van der Waals surface area (Å²) in [6.07, 6.45) is 0.0905. The molecular formula is C11H23N3O2. The zero-order valence-electron chi connectivity index (χ0n) is 10.5. The van der Waals surface area contributed by atoms with Crippen molar-refractivity contribution in [3.8, 4) is 0 Å². The Balaban J connectivity index is 2.47. The molecule has 0 spiro atoms. The minimum absolute atomic E-state index is 0.0530. The summed E-state index contributed by atoms with van der Waals surface area (Å²) in [6.45, 7) is 7.04. The Kier molecular flexibility index (Phi) is 5.18. The topological polar surface area (TPSA) is 58.8 Å². The van der Waals surface area contributed by atoms with Crippen LogP contribution in [0.3, 0.4) is 0 Å². The van der Waals surface area contributed by atoms with Gasteiger partial charge >= 0.3 is 0 Å². The Morgan fingerprint density at radius 3 is 2.75 bits per heavy atom. The Bertz CT molecular complexity index is 233. The molecule has 5 nitrogen and oxygen atoms in total. The highest BCUT2D eigenvalue weighted by molar-refractivity contribution is 5.78. The first-order valence-corrected chi connectivity index (χ1v) is 5.84. The second-order valence-corrected chi connectivity index (χ2v) is 4.60. The molecule has 1 aliphatic heterocycles. The van der Waals surface area contributed by atoms with Crippen LogP contribution in [0.5, 0.6) is 0 Å². The van der Waals surface area contributed by atoms with Crippen LogP contribution in [0.1, 0.15) is 13.8 Å². The molecule has 1 rings (SSSR count). The van der Waals surface area contributed by atoms with Crippen molar-refractivity contribution in [3.05, 3.63) is 0 Å². The van der Waals surface area contributed by atoms with Crippen LogP contribution in [0.2, 0.25) is 0 Å². The van der Waals surface area contributed by atoms with Gasteiger partial charge in [0.1, 0.15) is 6.61 Å². The Hall–Kier alpha value is -0.650. The normalized spacial score (nSPS) is 22.8. The quantitative estimate of drug-likeness (QED) is 0.707. The van der Waals surface area contributed by atoms with Gasteiger partial charge in [-0.1, -0.05) is 0 Å². The van der Waals surface area contributed by atoms with Crippen LogP contribution >= 0.6 is 0 Å². The van der Waals surface area contributed by atoms with Crippen LogP contribution in [0.4, 0.5) is 0 Å². The van der Waals surface area contributed by atoms with E-state index < -0.39 is 0 Å². The Morgan fingerprint density at radius 1 is 1.50 bits per heavy atom. The largest absolute Gasteiger partial charge is 0.369 e. The Labute approximate surface area is 97.5 Å². The molecule has 0 aromatic carbocycles. The van der Waals surface area contributed by atoms with Crippen LogP contribution in [0.15, 0.2) is 0 Å². The van der Waals surface area contributed by atoms with Gasteiger partial charge in [-0.25, -0.2) is 0 Å². The smallest absolute Gasteiger partial charge is 0.248 e. The van der Waals surface area contributed by atoms with E-state index >= 15 is 0 Å². The molecular weight excluding hydrogens is 206 g/mol. The summed E-state index contributed by atoms with van der Waals surface area (Å²) >= 11 is 0. The summed E-state index contributed by atoms with van der Waals surface area (Å²) in [6, 6.07) is 0.127. The molecule has 2 N–H and O–H groups in total. The fourth-order valence-electron chi connectivity index (χ4n) is 1.86. The zero-order valence-corrected chi connectivity index (χ0v) is 10.5. The molecule has 0 aromatic rings. The van der Waals surface area contributed by atoms with Crippen LogP contribution in [-0.4, -0.2) is 67.7 Å². The van der Waals surface area contributed by atoms with E-state index in [1.807, 2.05) is 18.7 Å². The van der Waals surface area contributed by atoms with E-state index in [9.17, 15) is 4.79 Å². The summed E-state index contributed by atoms with van der Waals surface area (Å²) in [4.78, 5) is 16.0. The number of hydrogen-bond acceptors (Lipinski definition) is 4. The second kappa shape index (κ2) is 6.18. The molecule has 0 aliphatic carbocycles. The third-order valence-corrected chi connectivity index (χ3v) is 2.82. The van der Waals surface area contributed by atoms with E-state index in [0.29, 0.717) is 6.54 Å². The number of ether oxygens (including phenoxy) is 1. The van der Waals surface area contributed by atoms with Gasteiger partial charge in [0.15, 0.2) is 0 Å². The lowest BCUT2D eigenvalue weighted by Gasteiger charge is -2.39. The number of nitrogens with zero attached hydrogens (tertiary/aromatic N) is 2. The van der Waals surface area contributed by atoms with Crippen molar-refractivity contribution in [1.82, 2.24) is 9.80 Å². The molecule has 5 heteroatoms. The van der Waals surface area contributed by atoms with Gasteiger partial charge in [-0.2, -0.15) is 0 Å². The van der Waals surface area contributed by atoms with Crippen molar-refractivity contribution in [2.75, 3.05) is 39.8 Å². The van der Waals surface area contributed by atoms with E-state index in [1.165, 1.54) is 0 Å². The number of rotatable bonds is 4. The summed E-state index contributed by atoms with van der Waals surface area (Å²) in [5.74, 6) is 0.0530. The van der Waals surface area contributed by atoms with Crippen LogP contribution < -0.4 is 5.73 Å². The zero-order chi connectivity index (χ0) is 12.1. The maximum absolute atomic E-state index is 11.9. The third kappa shape index (κ3) is 3.73. The highest BCUT2D eigenvalue weighted by Crippen LogP contribution is 2.08. The van der Waals surface area contributed by atoms with Crippen molar-refractivity contribution < 1.29 is 9.53 Å². The van der Waals surface area contributed by atoms with Crippen molar-refractivity contribution in [2.45, 2.75) is 26.0 Å². The lowest BCUT2D eigenvalue weighted by molar-refractivity contribution is -0.142. The minimum atomic E-state index is 0.0530. The van der Waals surface area contributed by atoms with Gasteiger partial charge in [0.2, 0.25) is 5.91 Å². The summed E-state index contributed by atoms with van der Waals surface area (Å²) in [7, 11) is 2.05. The van der Waals surface area contributed by atoms with Gasteiger partial charge in [0, 0.05) is 26.2 Å². The first-order chi connectivity index (χ1) is 7.54. The molecule has 0 bridgehead atoms. The van der Waals surface area contributed by atoms with Gasteiger partial charge in [-0.05, 0) is 20.9 Å². The number of carbonyl (C=O) groups is 1. The standard InChI is InChI=1S/C11H23N3O2/c1-9(2)16-8-11(15)14-5-4-13(3)7-10(14)6-12/h9-10H,4-8,12H2,1-3H3. The highest BCUT2D eigenvalue weighted by atomic mass is 16.5. The van der Waals surface area contributed by atoms with E-state index in [1.54, 1.807) is 0 Å². The molecule has 0 aromatic heterocycles. The Morgan fingerprint density at radius 2 is 2.19 bits per heavy atom. The van der Waals surface area contributed by atoms with Gasteiger partial charge in [-0.15, -0.1) is 0 Å². The molecule has 1 aliphatic rings. The van der Waals surface area contributed by atoms with Crippen LogP contribution in [0.25, 0.3) is 0 Å². The first kappa shape index (κ1) is 13.4. The average molecular weight is 229 g/mol. The van der Waals surface area contributed by atoms with Crippen molar-refractivity contribution in [3.63, 3.8) is 0 Å². The van der Waals surface area contributed by atoms with Crippen molar-refractivity contribution >= 4 is 5.91 Å². The lowest BCUT2D eigenvalue weighted by atomic mass is 10.1. The maximum atomic E-state index is 11.9. The van der Waals surface area contributed by atoms with Gasteiger partial charge in [0.05, 0.1) is 12.1 Å². The minimum Gasteiger partial charge on any atom is -0.369 e. The molecule has 1 fully saturated rings. The number of hydrogen-bond donors (Lipinski definition) is 1. The first-order valence-electron chi connectivity index (χ1n) is 5.84. The van der Waals surface area contributed by atoms with Crippen molar-refractivity contribution in [1.29, 1.82) is 0 Å².